The Balaban J connectivity index is 2.53. The van der Waals surface area contributed by atoms with Crippen molar-refractivity contribution in [2.45, 2.75) is 44.7 Å². The first-order valence-electron chi connectivity index (χ1n) is 6.69. The molecule has 2 unspecified atom stereocenters. The molecule has 19 heavy (non-hydrogen) atoms. The summed E-state index contributed by atoms with van der Waals surface area (Å²) in [6, 6.07) is 8.41. The third-order valence-corrected chi connectivity index (χ3v) is 4.10. The summed E-state index contributed by atoms with van der Waals surface area (Å²) in [5, 5.41) is 12.9. The Labute approximate surface area is 120 Å². The summed E-state index contributed by atoms with van der Waals surface area (Å²) in [5.41, 5.74) is 1.20. The summed E-state index contributed by atoms with van der Waals surface area (Å²) >= 11 is 1.69. The van der Waals surface area contributed by atoms with Crippen LogP contribution in [0.3, 0.4) is 0 Å². The second-order valence-electron chi connectivity index (χ2n) is 4.94. The normalized spacial score (nSPS) is 14.4. The maximum absolute atomic E-state index is 9.26. The zero-order valence-electron chi connectivity index (χ0n) is 12.2. The molecule has 1 aromatic carbocycles. The molecule has 0 spiro atoms. The Bertz CT molecular complexity index is 367. The van der Waals surface area contributed by atoms with Crippen LogP contribution >= 0.6 is 11.8 Å². The molecule has 0 radical (unpaired) electrons. The Morgan fingerprint density at radius 2 is 2.05 bits per heavy atom. The van der Waals surface area contributed by atoms with Gasteiger partial charge in [-0.1, -0.05) is 12.1 Å². The topological polar surface area (TPSA) is 41.5 Å². The van der Waals surface area contributed by atoms with E-state index in [2.05, 4.69) is 24.4 Å². The maximum atomic E-state index is 9.26. The van der Waals surface area contributed by atoms with E-state index in [1.807, 2.05) is 32.2 Å². The van der Waals surface area contributed by atoms with Gasteiger partial charge in [0, 0.05) is 17.8 Å². The molecule has 0 bridgehead atoms. The summed E-state index contributed by atoms with van der Waals surface area (Å²) in [4.78, 5) is 0. The number of aliphatic hydroxyl groups is 1. The Kier molecular flexibility index (Phi) is 7.28. The fourth-order valence-corrected chi connectivity index (χ4v) is 2.50. The molecule has 1 rings (SSSR count). The van der Waals surface area contributed by atoms with Crippen LogP contribution in [-0.2, 0) is 6.54 Å². The van der Waals surface area contributed by atoms with Gasteiger partial charge in [0.25, 0.3) is 0 Å². The molecule has 0 saturated carbocycles. The van der Waals surface area contributed by atoms with Gasteiger partial charge in [0.15, 0.2) is 0 Å². The minimum atomic E-state index is 0.192. The van der Waals surface area contributed by atoms with Crippen LogP contribution in [0.15, 0.2) is 24.3 Å². The first-order valence-corrected chi connectivity index (χ1v) is 7.98. The van der Waals surface area contributed by atoms with Crippen molar-refractivity contribution in [2.24, 2.45) is 0 Å². The van der Waals surface area contributed by atoms with Crippen LogP contribution < -0.4 is 10.1 Å². The molecular weight excluding hydrogens is 258 g/mol. The first-order chi connectivity index (χ1) is 9.06. The molecule has 4 heteroatoms. The van der Waals surface area contributed by atoms with E-state index < -0.39 is 0 Å². The molecular formula is C15H25NO2S. The summed E-state index contributed by atoms with van der Waals surface area (Å²) < 4.78 is 5.68. The number of thioether (sulfide) groups is 1. The van der Waals surface area contributed by atoms with E-state index in [4.69, 9.17) is 4.74 Å². The maximum Gasteiger partial charge on any atom is 0.120 e. The minimum Gasteiger partial charge on any atom is -0.491 e. The number of nitrogens with one attached hydrogen (secondary N) is 1. The van der Waals surface area contributed by atoms with E-state index in [1.54, 1.807) is 11.8 Å². The molecule has 0 aliphatic heterocycles. The average Bonchev–Trinajstić information content (AvgIpc) is 2.37. The molecule has 0 amide bonds. The number of ether oxygens (including phenoxy) is 1. The van der Waals surface area contributed by atoms with Crippen molar-refractivity contribution in [3.63, 3.8) is 0 Å². The molecule has 0 aliphatic rings. The molecule has 1 aromatic rings. The van der Waals surface area contributed by atoms with E-state index in [9.17, 15) is 5.11 Å². The molecule has 0 saturated heterocycles. The summed E-state index contributed by atoms with van der Waals surface area (Å²) in [6.07, 6.45) is 2.22. The SMILES string of the molecule is CSC(CO)C(C)NCc1cccc(OC(C)C)c1. The van der Waals surface area contributed by atoms with Gasteiger partial charge in [-0.05, 0) is 44.7 Å². The van der Waals surface area contributed by atoms with Gasteiger partial charge in [-0.15, -0.1) is 0 Å². The minimum absolute atomic E-state index is 0.192. The van der Waals surface area contributed by atoms with Gasteiger partial charge in [-0.2, -0.15) is 11.8 Å². The molecule has 2 N–H and O–H groups in total. The van der Waals surface area contributed by atoms with Gasteiger partial charge >= 0.3 is 0 Å². The van der Waals surface area contributed by atoms with Crippen molar-refractivity contribution < 1.29 is 9.84 Å². The average molecular weight is 283 g/mol. The molecule has 108 valence electrons. The van der Waals surface area contributed by atoms with Gasteiger partial charge in [0.1, 0.15) is 5.75 Å². The fraction of sp³-hybridized carbons (Fsp3) is 0.600. The van der Waals surface area contributed by atoms with E-state index in [1.165, 1.54) is 5.56 Å². The lowest BCUT2D eigenvalue weighted by atomic mass is 10.2. The van der Waals surface area contributed by atoms with E-state index >= 15 is 0 Å². The molecule has 0 fully saturated rings. The number of aliphatic hydroxyl groups excluding tert-OH is 1. The predicted octanol–water partition coefficient (Wildman–Crippen LogP) is 2.68. The fourth-order valence-electron chi connectivity index (χ4n) is 1.85. The highest BCUT2D eigenvalue weighted by atomic mass is 32.2. The lowest BCUT2D eigenvalue weighted by Crippen LogP contribution is -2.37. The van der Waals surface area contributed by atoms with Crippen LogP contribution in [0.25, 0.3) is 0 Å². The second-order valence-corrected chi connectivity index (χ2v) is 6.02. The highest BCUT2D eigenvalue weighted by Gasteiger charge is 2.14. The number of hydrogen-bond acceptors (Lipinski definition) is 4. The van der Waals surface area contributed by atoms with E-state index in [0.29, 0.717) is 0 Å². The van der Waals surface area contributed by atoms with Crippen LogP contribution in [0.4, 0.5) is 0 Å². The van der Waals surface area contributed by atoms with Crippen LogP contribution in [0.2, 0.25) is 0 Å². The summed E-state index contributed by atoms with van der Waals surface area (Å²) in [5.74, 6) is 0.908. The largest absolute Gasteiger partial charge is 0.491 e. The van der Waals surface area contributed by atoms with Crippen molar-refractivity contribution >= 4 is 11.8 Å². The highest BCUT2D eigenvalue weighted by molar-refractivity contribution is 7.99. The van der Waals surface area contributed by atoms with Crippen molar-refractivity contribution in [2.75, 3.05) is 12.9 Å². The van der Waals surface area contributed by atoms with Crippen molar-refractivity contribution in [3.05, 3.63) is 29.8 Å². The number of benzene rings is 1. The zero-order chi connectivity index (χ0) is 14.3. The van der Waals surface area contributed by atoms with Gasteiger partial charge in [0.05, 0.1) is 12.7 Å². The van der Waals surface area contributed by atoms with Crippen molar-refractivity contribution in [1.82, 2.24) is 5.32 Å². The zero-order valence-corrected chi connectivity index (χ0v) is 13.0. The van der Waals surface area contributed by atoms with Crippen LogP contribution in [0, 0.1) is 0 Å². The van der Waals surface area contributed by atoms with Crippen molar-refractivity contribution in [3.8, 4) is 5.75 Å². The lowest BCUT2D eigenvalue weighted by molar-refractivity contribution is 0.242. The number of rotatable bonds is 8. The summed E-state index contributed by atoms with van der Waals surface area (Å²) in [6.45, 7) is 7.14. The molecule has 0 heterocycles. The van der Waals surface area contributed by atoms with Crippen molar-refractivity contribution in [1.29, 1.82) is 0 Å². The van der Waals surface area contributed by atoms with Gasteiger partial charge < -0.3 is 15.2 Å². The standard InChI is InChI=1S/C15H25NO2S/c1-11(2)18-14-7-5-6-13(8-14)9-16-12(3)15(10-17)19-4/h5-8,11-12,15-17H,9-10H2,1-4H3. The third-order valence-electron chi connectivity index (χ3n) is 2.94. The monoisotopic (exact) mass is 283 g/mol. The first kappa shape index (κ1) is 16.3. The highest BCUT2D eigenvalue weighted by Crippen LogP contribution is 2.16. The van der Waals surface area contributed by atoms with Gasteiger partial charge in [-0.3, -0.25) is 0 Å². The number of hydrogen-bond donors (Lipinski definition) is 2. The molecule has 0 aliphatic carbocycles. The molecule has 3 nitrogen and oxygen atoms in total. The lowest BCUT2D eigenvalue weighted by Gasteiger charge is -2.21. The van der Waals surface area contributed by atoms with Crippen LogP contribution in [0.5, 0.6) is 5.75 Å². The third kappa shape index (κ3) is 5.85. The van der Waals surface area contributed by atoms with Gasteiger partial charge in [0.2, 0.25) is 0 Å². The predicted molar refractivity (Wildman–Crippen MR) is 82.9 cm³/mol. The molecule has 2 atom stereocenters. The Morgan fingerprint density at radius 1 is 1.32 bits per heavy atom. The van der Waals surface area contributed by atoms with Gasteiger partial charge in [-0.25, -0.2) is 0 Å². The molecule has 0 aromatic heterocycles. The smallest absolute Gasteiger partial charge is 0.120 e. The van der Waals surface area contributed by atoms with E-state index in [0.717, 1.165) is 12.3 Å². The Morgan fingerprint density at radius 3 is 2.63 bits per heavy atom. The van der Waals surface area contributed by atoms with E-state index in [-0.39, 0.29) is 24.0 Å². The Hall–Kier alpha value is -0.710. The summed E-state index contributed by atoms with van der Waals surface area (Å²) in [7, 11) is 0. The van der Waals surface area contributed by atoms with Crippen LogP contribution in [0.1, 0.15) is 26.3 Å². The quantitative estimate of drug-likeness (QED) is 0.769. The van der Waals surface area contributed by atoms with Crippen LogP contribution in [-0.4, -0.2) is 35.4 Å². The second kappa shape index (κ2) is 8.46.